The van der Waals surface area contributed by atoms with Crippen LogP contribution in [0.4, 0.5) is 0 Å². The minimum Gasteiger partial charge on any atom is -0.493 e. The summed E-state index contributed by atoms with van der Waals surface area (Å²) in [5.41, 5.74) is 1.69. The average Bonchev–Trinajstić information content (AvgIpc) is 3.07. The zero-order valence-electron chi connectivity index (χ0n) is 17.9. The van der Waals surface area contributed by atoms with Crippen molar-refractivity contribution in [2.24, 2.45) is 4.99 Å². The van der Waals surface area contributed by atoms with Crippen LogP contribution in [0.2, 0.25) is 5.02 Å². The van der Waals surface area contributed by atoms with Crippen molar-refractivity contribution in [1.82, 2.24) is 4.90 Å². The summed E-state index contributed by atoms with van der Waals surface area (Å²) in [4.78, 5) is 30.3. The molecule has 1 aliphatic rings. The molecule has 1 aliphatic heterocycles. The van der Waals surface area contributed by atoms with Gasteiger partial charge in [0.25, 0.3) is 5.91 Å². The van der Waals surface area contributed by atoms with Crippen molar-refractivity contribution in [1.29, 1.82) is 0 Å². The molecule has 1 N–H and O–H groups in total. The first kappa shape index (κ1) is 23.7. The average molecular weight is 475 g/mol. The highest BCUT2D eigenvalue weighted by atomic mass is 35.5. The lowest BCUT2D eigenvalue weighted by Gasteiger charge is -2.14. The monoisotopic (exact) mass is 474 g/mol. The molecule has 3 rings (SSSR count). The molecule has 0 unspecified atom stereocenters. The Morgan fingerprint density at radius 2 is 1.97 bits per heavy atom. The van der Waals surface area contributed by atoms with Crippen LogP contribution in [-0.2, 0) is 11.4 Å². The molecule has 0 atom stereocenters. The first-order valence-corrected chi connectivity index (χ1v) is 11.2. The lowest BCUT2D eigenvalue weighted by molar-refractivity contribution is -0.122. The van der Waals surface area contributed by atoms with E-state index in [0.29, 0.717) is 45.2 Å². The van der Waals surface area contributed by atoms with Gasteiger partial charge in [-0.3, -0.25) is 14.7 Å². The molecule has 2 aromatic rings. The van der Waals surface area contributed by atoms with Gasteiger partial charge in [0.15, 0.2) is 16.7 Å². The standard InChI is InChI=1S/C23H23ClN2O5S/c1-4-25-23-26(5-2)21(27)19(32-23)12-15-10-17(24)20(18(11-15)30-3)31-13-14-6-8-16(9-7-14)22(28)29/h6-12H,4-5,13H2,1-3H3,(H,28,29)/b19-12+,25-23?. The van der Waals surface area contributed by atoms with E-state index in [0.717, 1.165) is 5.56 Å². The molecule has 2 aromatic carbocycles. The molecule has 1 amide bonds. The van der Waals surface area contributed by atoms with Crippen LogP contribution in [0.3, 0.4) is 0 Å². The Morgan fingerprint density at radius 3 is 2.56 bits per heavy atom. The molecule has 1 fully saturated rings. The number of ether oxygens (including phenoxy) is 2. The number of carboxylic acids is 1. The van der Waals surface area contributed by atoms with Crippen LogP contribution in [0.15, 0.2) is 46.3 Å². The Bertz CT molecular complexity index is 1080. The van der Waals surface area contributed by atoms with Gasteiger partial charge in [0.1, 0.15) is 6.61 Å². The Balaban J connectivity index is 1.82. The zero-order valence-corrected chi connectivity index (χ0v) is 19.5. The summed E-state index contributed by atoms with van der Waals surface area (Å²) in [6.07, 6.45) is 1.76. The van der Waals surface area contributed by atoms with Crippen LogP contribution in [-0.4, -0.2) is 47.2 Å². The van der Waals surface area contributed by atoms with Crippen LogP contribution in [0.25, 0.3) is 6.08 Å². The van der Waals surface area contributed by atoms with Crippen molar-refractivity contribution in [2.45, 2.75) is 20.5 Å². The molecule has 0 bridgehead atoms. The molecule has 0 saturated carbocycles. The van der Waals surface area contributed by atoms with Crippen LogP contribution in [0.1, 0.15) is 35.3 Å². The third-order valence-electron chi connectivity index (χ3n) is 4.63. The first-order valence-electron chi connectivity index (χ1n) is 9.96. The van der Waals surface area contributed by atoms with Gasteiger partial charge in [0.2, 0.25) is 0 Å². The smallest absolute Gasteiger partial charge is 0.335 e. The number of rotatable bonds is 8. The molecule has 1 heterocycles. The summed E-state index contributed by atoms with van der Waals surface area (Å²) in [5.74, 6) is -0.282. The molecule has 0 aromatic heterocycles. The van der Waals surface area contributed by atoms with Crippen LogP contribution < -0.4 is 9.47 Å². The van der Waals surface area contributed by atoms with Gasteiger partial charge in [0.05, 0.1) is 22.6 Å². The molecular formula is C23H23ClN2O5S. The predicted molar refractivity (Wildman–Crippen MR) is 127 cm³/mol. The van der Waals surface area contributed by atoms with E-state index >= 15 is 0 Å². The van der Waals surface area contributed by atoms with Gasteiger partial charge >= 0.3 is 5.97 Å². The third kappa shape index (κ3) is 5.26. The summed E-state index contributed by atoms with van der Waals surface area (Å²) >= 11 is 7.80. The predicted octanol–water partition coefficient (Wildman–Crippen LogP) is 4.94. The second kappa shape index (κ2) is 10.6. The van der Waals surface area contributed by atoms with Crippen molar-refractivity contribution in [2.75, 3.05) is 20.2 Å². The number of thioether (sulfide) groups is 1. The number of nitrogens with zero attached hydrogens (tertiary/aromatic N) is 2. The number of carbonyl (C=O) groups excluding carboxylic acids is 1. The fourth-order valence-electron chi connectivity index (χ4n) is 3.05. The SMILES string of the molecule is CCN=C1S/C(=C/c2cc(Cl)c(OCc3ccc(C(=O)O)cc3)c(OC)c2)C(=O)N1CC. The van der Waals surface area contributed by atoms with E-state index < -0.39 is 5.97 Å². The number of methoxy groups -OCH3 is 1. The van der Waals surface area contributed by atoms with Crippen LogP contribution in [0.5, 0.6) is 11.5 Å². The first-order chi connectivity index (χ1) is 15.4. The van der Waals surface area contributed by atoms with Gasteiger partial charge in [0, 0.05) is 13.1 Å². The number of amides is 1. The molecule has 9 heteroatoms. The number of aliphatic imine (C=N–C) groups is 1. The molecule has 0 spiro atoms. The molecule has 0 aliphatic carbocycles. The van der Waals surface area contributed by atoms with Gasteiger partial charge < -0.3 is 14.6 Å². The van der Waals surface area contributed by atoms with Crippen LogP contribution in [0, 0.1) is 0 Å². The summed E-state index contributed by atoms with van der Waals surface area (Å²) in [5, 5.41) is 10.0. The molecule has 32 heavy (non-hydrogen) atoms. The maximum Gasteiger partial charge on any atom is 0.335 e. The molecule has 7 nitrogen and oxygen atoms in total. The largest absolute Gasteiger partial charge is 0.493 e. The van der Waals surface area contributed by atoms with Crippen molar-refractivity contribution >= 4 is 46.5 Å². The maximum absolute atomic E-state index is 12.7. The van der Waals surface area contributed by atoms with Crippen molar-refractivity contribution in [3.63, 3.8) is 0 Å². The highest BCUT2D eigenvalue weighted by molar-refractivity contribution is 8.18. The quantitative estimate of drug-likeness (QED) is 0.545. The highest BCUT2D eigenvalue weighted by Crippen LogP contribution is 2.39. The molecule has 168 valence electrons. The van der Waals surface area contributed by atoms with Gasteiger partial charge in [-0.25, -0.2) is 4.79 Å². The lowest BCUT2D eigenvalue weighted by Crippen LogP contribution is -2.28. The Labute approximate surface area is 195 Å². The van der Waals surface area contributed by atoms with E-state index in [9.17, 15) is 9.59 Å². The Morgan fingerprint density at radius 1 is 1.25 bits per heavy atom. The molecule has 0 radical (unpaired) electrons. The van der Waals surface area contributed by atoms with Gasteiger partial charge in [-0.1, -0.05) is 23.7 Å². The lowest BCUT2D eigenvalue weighted by atomic mass is 10.1. The Hall–Kier alpha value is -2.97. The summed E-state index contributed by atoms with van der Waals surface area (Å²) < 4.78 is 11.3. The van der Waals surface area contributed by atoms with Crippen molar-refractivity contribution < 1.29 is 24.2 Å². The van der Waals surface area contributed by atoms with Gasteiger partial charge in [-0.15, -0.1) is 0 Å². The van der Waals surface area contributed by atoms with Crippen molar-refractivity contribution in [3.8, 4) is 11.5 Å². The van der Waals surface area contributed by atoms with E-state index in [1.165, 1.54) is 31.0 Å². The third-order valence-corrected chi connectivity index (χ3v) is 5.96. The molecule has 1 saturated heterocycles. The van der Waals surface area contributed by atoms with Gasteiger partial charge in [-0.2, -0.15) is 0 Å². The minimum absolute atomic E-state index is 0.0927. The van der Waals surface area contributed by atoms with Gasteiger partial charge in [-0.05, 0) is 67.1 Å². The van der Waals surface area contributed by atoms with E-state index in [4.69, 9.17) is 26.2 Å². The fourth-order valence-corrected chi connectivity index (χ4v) is 4.43. The number of aromatic carboxylic acids is 1. The van der Waals surface area contributed by atoms with Crippen molar-refractivity contribution in [3.05, 3.63) is 63.0 Å². The van der Waals surface area contributed by atoms with E-state index in [-0.39, 0.29) is 18.1 Å². The fraction of sp³-hybridized carbons (Fsp3) is 0.261. The molecular weight excluding hydrogens is 452 g/mol. The summed E-state index contributed by atoms with van der Waals surface area (Å²) in [7, 11) is 1.51. The normalized spacial score (nSPS) is 16.1. The van der Waals surface area contributed by atoms with Crippen LogP contribution >= 0.6 is 23.4 Å². The highest BCUT2D eigenvalue weighted by Gasteiger charge is 2.32. The maximum atomic E-state index is 12.7. The van der Waals surface area contributed by atoms with E-state index in [2.05, 4.69) is 4.99 Å². The summed E-state index contributed by atoms with van der Waals surface area (Å²) in [6.45, 7) is 5.18. The number of likely N-dealkylation sites (N-methyl/N-ethyl adjacent to an activating group) is 1. The number of carboxylic acid groups (broad SMARTS) is 1. The topological polar surface area (TPSA) is 88.4 Å². The number of hydrogen-bond acceptors (Lipinski definition) is 6. The van der Waals surface area contributed by atoms with E-state index in [1.54, 1.807) is 35.2 Å². The number of amidine groups is 1. The summed E-state index contributed by atoms with van der Waals surface area (Å²) in [6, 6.07) is 9.85. The minimum atomic E-state index is -0.985. The number of halogens is 1. The number of carbonyl (C=O) groups is 2. The number of benzene rings is 2. The second-order valence-electron chi connectivity index (χ2n) is 6.74. The van der Waals surface area contributed by atoms with E-state index in [1.807, 2.05) is 13.8 Å². The Kier molecular flexibility index (Phi) is 7.82. The zero-order chi connectivity index (χ0) is 23.3. The second-order valence-corrected chi connectivity index (χ2v) is 8.16. The number of hydrogen-bond donors (Lipinski definition) is 1.